The van der Waals surface area contributed by atoms with E-state index in [1.54, 1.807) is 32.9 Å². The fraction of sp³-hybridized carbons (Fsp3) is 0.562. The Bertz CT molecular complexity index is 1240. The molecule has 13 heteroatoms. The first kappa shape index (κ1) is 36.9. The van der Waals surface area contributed by atoms with E-state index >= 15 is 0 Å². The first-order valence-corrected chi connectivity index (χ1v) is 14.9. The number of esters is 1. The van der Waals surface area contributed by atoms with Crippen molar-refractivity contribution in [2.45, 2.75) is 97.1 Å². The lowest BCUT2D eigenvalue weighted by atomic mass is 9.90. The van der Waals surface area contributed by atoms with Crippen LogP contribution < -0.4 is 10.6 Å². The fourth-order valence-electron chi connectivity index (χ4n) is 4.42. The molecule has 1 aromatic rings. The second-order valence-electron chi connectivity index (χ2n) is 12.0. The maximum Gasteiger partial charge on any atom is 0.408 e. The zero-order chi connectivity index (χ0) is 33.6. The average molecular weight is 629 g/mol. The van der Waals surface area contributed by atoms with E-state index in [0.29, 0.717) is 0 Å². The molecular formula is C32H44N4O9. The van der Waals surface area contributed by atoms with E-state index in [-0.39, 0.29) is 38.7 Å². The largest absolute Gasteiger partial charge is 0.461 e. The van der Waals surface area contributed by atoms with Crippen LogP contribution in [-0.4, -0.2) is 83.3 Å². The standard InChI is InChI=1S/C32H44N4O9/c1-20(26(38)14-23(28(40)17-37)11-12-29(41)44-18-22-9-7-6-8-10-22)35-30(42)24(13-25-16-33-19-34-25)15-27(39)21(2)36-31(43)45-32(3,4)5/h6-10,16,19-21,23-25,37H,11-15,17-18H2,1-5H3,(H,35,42)(H,36,43)/t20-,21-,23+,24+,25?/m0/s1. The van der Waals surface area contributed by atoms with Crippen molar-refractivity contribution < 1.29 is 43.3 Å². The molecule has 2 amide bonds. The Labute approximate surface area is 263 Å². The summed E-state index contributed by atoms with van der Waals surface area (Å²) in [6.07, 6.45) is 1.53. The Morgan fingerprint density at radius 1 is 0.911 bits per heavy atom. The maximum absolute atomic E-state index is 13.3. The number of hydrogen-bond acceptors (Lipinski definition) is 11. The van der Waals surface area contributed by atoms with Gasteiger partial charge in [0.15, 0.2) is 17.3 Å². The highest BCUT2D eigenvalue weighted by Crippen LogP contribution is 2.19. The summed E-state index contributed by atoms with van der Waals surface area (Å²) in [6, 6.07) is 6.64. The van der Waals surface area contributed by atoms with E-state index in [2.05, 4.69) is 20.6 Å². The van der Waals surface area contributed by atoms with E-state index in [1.807, 2.05) is 18.2 Å². The van der Waals surface area contributed by atoms with Crippen LogP contribution in [0.4, 0.5) is 4.79 Å². The van der Waals surface area contributed by atoms with Crippen molar-refractivity contribution >= 4 is 47.9 Å². The van der Waals surface area contributed by atoms with Crippen molar-refractivity contribution in [3.8, 4) is 0 Å². The number of ether oxygens (including phenoxy) is 2. The SMILES string of the molecule is C[C@H](NC(=O)OC(C)(C)C)C(=O)C[C@@H](CC1C=NC=N1)C(=O)N[C@@H](C)C(=O)C[C@@H](CCC(=O)OCc1ccccc1)C(=O)CO. The molecule has 0 aliphatic carbocycles. The highest BCUT2D eigenvalue weighted by Gasteiger charge is 2.31. The van der Waals surface area contributed by atoms with Crippen molar-refractivity contribution in [1.29, 1.82) is 0 Å². The summed E-state index contributed by atoms with van der Waals surface area (Å²) in [4.78, 5) is 84.2. The minimum absolute atomic E-state index is 0.0158. The molecule has 0 spiro atoms. The Hall–Kier alpha value is -4.26. The summed E-state index contributed by atoms with van der Waals surface area (Å²) in [7, 11) is 0. The predicted octanol–water partition coefficient (Wildman–Crippen LogP) is 2.51. The molecule has 0 saturated heterocycles. The highest BCUT2D eigenvalue weighted by molar-refractivity contribution is 5.95. The van der Waals surface area contributed by atoms with Gasteiger partial charge in [-0.1, -0.05) is 30.3 Å². The molecule has 1 aromatic carbocycles. The number of amides is 2. The number of benzene rings is 1. The average Bonchev–Trinajstić information content (AvgIpc) is 3.49. The fourth-order valence-corrected chi connectivity index (χ4v) is 4.42. The van der Waals surface area contributed by atoms with Gasteiger partial charge in [-0.05, 0) is 53.0 Å². The van der Waals surface area contributed by atoms with Crippen LogP contribution in [0.25, 0.3) is 0 Å². The number of nitrogens with one attached hydrogen (secondary N) is 2. The van der Waals surface area contributed by atoms with Crippen LogP contribution in [0.3, 0.4) is 0 Å². The molecule has 0 radical (unpaired) electrons. The van der Waals surface area contributed by atoms with Crippen molar-refractivity contribution in [1.82, 2.24) is 10.6 Å². The van der Waals surface area contributed by atoms with Gasteiger partial charge in [0.2, 0.25) is 5.91 Å². The normalized spacial score (nSPS) is 16.6. The Balaban J connectivity index is 1.98. The third kappa shape index (κ3) is 13.9. The molecule has 3 N–H and O–H groups in total. The molecule has 13 nitrogen and oxygen atoms in total. The molecule has 0 bridgehead atoms. The third-order valence-corrected chi connectivity index (χ3v) is 6.98. The van der Waals surface area contributed by atoms with Crippen LogP contribution >= 0.6 is 0 Å². The van der Waals surface area contributed by atoms with Gasteiger partial charge in [0, 0.05) is 37.3 Å². The summed E-state index contributed by atoms with van der Waals surface area (Å²) in [5.41, 5.74) is 0.0406. The van der Waals surface area contributed by atoms with Crippen molar-refractivity contribution in [2.24, 2.45) is 21.8 Å². The Kier molecular flexibility index (Phi) is 14.7. The number of ketones is 3. The van der Waals surface area contributed by atoms with Gasteiger partial charge < -0.3 is 25.2 Å². The number of Topliss-reactive ketones (excluding diaryl/α,β-unsaturated/α-hetero) is 3. The van der Waals surface area contributed by atoms with Crippen LogP contribution in [0.2, 0.25) is 0 Å². The van der Waals surface area contributed by atoms with Gasteiger partial charge in [-0.2, -0.15) is 0 Å². The van der Waals surface area contributed by atoms with Crippen LogP contribution in [0.5, 0.6) is 0 Å². The molecule has 1 aliphatic heterocycles. The monoisotopic (exact) mass is 628 g/mol. The topological polar surface area (TPSA) is 190 Å². The lowest BCUT2D eigenvalue weighted by Crippen LogP contribution is -2.46. The number of aliphatic hydroxyl groups excluding tert-OH is 1. The molecule has 2 rings (SSSR count). The van der Waals surface area contributed by atoms with E-state index in [1.165, 1.54) is 26.4 Å². The van der Waals surface area contributed by atoms with Crippen molar-refractivity contribution in [3.05, 3.63) is 35.9 Å². The molecule has 0 aromatic heterocycles. The smallest absolute Gasteiger partial charge is 0.408 e. The molecule has 45 heavy (non-hydrogen) atoms. The summed E-state index contributed by atoms with van der Waals surface area (Å²) < 4.78 is 10.4. The number of aliphatic hydroxyl groups is 1. The van der Waals surface area contributed by atoms with Crippen LogP contribution in [-0.2, 0) is 40.1 Å². The highest BCUT2D eigenvalue weighted by atomic mass is 16.6. The van der Waals surface area contributed by atoms with E-state index in [4.69, 9.17) is 9.47 Å². The number of carbonyl (C=O) groups is 6. The molecule has 1 unspecified atom stereocenters. The second-order valence-corrected chi connectivity index (χ2v) is 12.0. The number of aliphatic imine (C=N–C) groups is 2. The molecule has 1 heterocycles. The van der Waals surface area contributed by atoms with Gasteiger partial charge in [-0.3, -0.25) is 29.0 Å². The first-order valence-electron chi connectivity index (χ1n) is 14.9. The Morgan fingerprint density at radius 3 is 2.11 bits per heavy atom. The minimum atomic E-state index is -1.04. The van der Waals surface area contributed by atoms with Gasteiger partial charge in [0.1, 0.15) is 25.2 Å². The molecule has 0 saturated carbocycles. The molecule has 0 fully saturated rings. The van der Waals surface area contributed by atoms with Crippen LogP contribution in [0, 0.1) is 11.8 Å². The van der Waals surface area contributed by atoms with Gasteiger partial charge in [-0.15, -0.1) is 0 Å². The number of nitrogens with zero attached hydrogens (tertiary/aromatic N) is 2. The number of hydrogen-bond donors (Lipinski definition) is 3. The summed E-state index contributed by atoms with van der Waals surface area (Å²) in [5, 5.41) is 14.5. The summed E-state index contributed by atoms with van der Waals surface area (Å²) >= 11 is 0. The number of carbonyl (C=O) groups excluding carboxylic acids is 6. The van der Waals surface area contributed by atoms with Gasteiger partial charge in [-0.25, -0.2) is 9.79 Å². The molecular weight excluding hydrogens is 584 g/mol. The number of rotatable bonds is 18. The van der Waals surface area contributed by atoms with Crippen LogP contribution in [0.15, 0.2) is 40.3 Å². The van der Waals surface area contributed by atoms with Crippen molar-refractivity contribution in [3.63, 3.8) is 0 Å². The van der Waals surface area contributed by atoms with E-state index in [0.717, 1.165) is 5.56 Å². The zero-order valence-electron chi connectivity index (χ0n) is 26.5. The minimum Gasteiger partial charge on any atom is -0.461 e. The van der Waals surface area contributed by atoms with E-state index in [9.17, 15) is 33.9 Å². The number of alkyl carbamates (subject to hydrolysis) is 1. The van der Waals surface area contributed by atoms with Gasteiger partial charge in [0.05, 0.1) is 18.1 Å². The predicted molar refractivity (Wildman–Crippen MR) is 166 cm³/mol. The lowest BCUT2D eigenvalue weighted by molar-refractivity contribution is -0.145. The van der Waals surface area contributed by atoms with Gasteiger partial charge in [0.25, 0.3) is 0 Å². The van der Waals surface area contributed by atoms with E-state index < -0.39 is 77.5 Å². The lowest BCUT2D eigenvalue weighted by Gasteiger charge is -2.24. The summed E-state index contributed by atoms with van der Waals surface area (Å²) in [5.74, 6) is -4.51. The molecule has 5 atom stereocenters. The van der Waals surface area contributed by atoms with Crippen molar-refractivity contribution in [2.75, 3.05) is 6.61 Å². The van der Waals surface area contributed by atoms with Crippen LogP contribution in [0.1, 0.15) is 72.3 Å². The molecule has 1 aliphatic rings. The third-order valence-electron chi connectivity index (χ3n) is 6.98. The quantitative estimate of drug-likeness (QED) is 0.205. The molecule has 246 valence electrons. The maximum atomic E-state index is 13.3. The summed E-state index contributed by atoms with van der Waals surface area (Å²) in [6.45, 7) is 7.27. The van der Waals surface area contributed by atoms with Gasteiger partial charge >= 0.3 is 12.1 Å². The second kappa shape index (κ2) is 17.9. The zero-order valence-corrected chi connectivity index (χ0v) is 26.5. The first-order chi connectivity index (χ1) is 21.2. The Morgan fingerprint density at radius 2 is 1.53 bits per heavy atom.